The number of halogens is 2. The summed E-state index contributed by atoms with van der Waals surface area (Å²) in [7, 11) is 1.70. The number of imidazole rings is 1. The molecule has 0 spiro atoms. The molecule has 1 atom stereocenters. The van der Waals surface area contributed by atoms with Crippen molar-refractivity contribution in [3.63, 3.8) is 0 Å². The van der Waals surface area contributed by atoms with E-state index in [9.17, 15) is 13.6 Å². The van der Waals surface area contributed by atoms with Gasteiger partial charge in [0.05, 0.1) is 35.4 Å². The van der Waals surface area contributed by atoms with Crippen molar-refractivity contribution in [2.45, 2.75) is 25.8 Å². The van der Waals surface area contributed by atoms with Crippen LogP contribution >= 0.6 is 0 Å². The summed E-state index contributed by atoms with van der Waals surface area (Å²) >= 11 is 0. The van der Waals surface area contributed by atoms with Crippen LogP contribution < -0.4 is 5.69 Å². The molecule has 0 bridgehead atoms. The molecule has 2 aromatic heterocycles. The number of hydrogen-bond acceptors (Lipinski definition) is 4. The summed E-state index contributed by atoms with van der Waals surface area (Å²) in [4.78, 5) is 20.6. The number of ether oxygens (including phenoxy) is 1. The fourth-order valence-electron chi connectivity index (χ4n) is 3.95. The first-order valence-corrected chi connectivity index (χ1v) is 9.70. The van der Waals surface area contributed by atoms with Crippen LogP contribution in [-0.4, -0.2) is 34.0 Å². The lowest BCUT2D eigenvalue weighted by Crippen LogP contribution is -2.31. The zero-order valence-corrected chi connectivity index (χ0v) is 16.9. The van der Waals surface area contributed by atoms with Gasteiger partial charge >= 0.3 is 5.69 Å². The van der Waals surface area contributed by atoms with Gasteiger partial charge in [-0.15, -0.1) is 0 Å². The summed E-state index contributed by atoms with van der Waals surface area (Å²) in [5.74, 6) is -1.23. The Bertz CT molecular complexity index is 1260. The third-order valence-corrected chi connectivity index (χ3v) is 5.55. The molecule has 0 saturated carbocycles. The minimum atomic E-state index is -0.756. The Kier molecular flexibility index (Phi) is 5.34. The fraction of sp³-hybridized carbons (Fsp3) is 0.318. The maximum atomic E-state index is 14.8. The Morgan fingerprint density at radius 1 is 1.40 bits per heavy atom. The van der Waals surface area contributed by atoms with E-state index in [1.54, 1.807) is 35.4 Å². The van der Waals surface area contributed by atoms with Crippen molar-refractivity contribution < 1.29 is 13.5 Å². The van der Waals surface area contributed by atoms with Gasteiger partial charge < -0.3 is 4.74 Å². The third kappa shape index (κ3) is 3.37. The van der Waals surface area contributed by atoms with E-state index in [0.717, 1.165) is 18.9 Å². The zero-order chi connectivity index (χ0) is 21.4. The molecule has 3 heterocycles. The summed E-state index contributed by atoms with van der Waals surface area (Å²) in [6.07, 6.45) is 5.86. The molecule has 3 aromatic rings. The van der Waals surface area contributed by atoms with Gasteiger partial charge in [-0.25, -0.2) is 14.2 Å². The second kappa shape index (κ2) is 7.95. The van der Waals surface area contributed by atoms with Gasteiger partial charge in [-0.1, -0.05) is 6.08 Å². The summed E-state index contributed by atoms with van der Waals surface area (Å²) < 4.78 is 37.0. The van der Waals surface area contributed by atoms with Crippen LogP contribution in [0.2, 0.25) is 0 Å². The molecule has 156 valence electrons. The highest BCUT2D eigenvalue weighted by Gasteiger charge is 2.24. The minimum absolute atomic E-state index is 0.0959. The third-order valence-electron chi connectivity index (χ3n) is 5.55. The van der Waals surface area contributed by atoms with Crippen molar-refractivity contribution in [2.75, 3.05) is 13.2 Å². The van der Waals surface area contributed by atoms with E-state index in [1.807, 2.05) is 0 Å². The smallest absolute Gasteiger partial charge is 0.329 e. The molecular weight excluding hydrogens is 390 g/mol. The average Bonchev–Trinajstić information content (AvgIpc) is 3.02. The first kappa shape index (κ1) is 20.2. The second-order valence-electron chi connectivity index (χ2n) is 7.42. The SMILES string of the molecule is C=NC(F)=CC=C(C)c1cc2c(cc1F)ncc1c2n(C2CCCOC2)c(=O)n1C. The lowest BCUT2D eigenvalue weighted by atomic mass is 10.0. The Morgan fingerprint density at radius 2 is 2.20 bits per heavy atom. The number of nitrogens with zero attached hydrogens (tertiary/aromatic N) is 4. The van der Waals surface area contributed by atoms with Gasteiger partial charge in [-0.05, 0) is 44.2 Å². The Hall–Kier alpha value is -3.13. The molecule has 0 radical (unpaired) electrons. The first-order valence-electron chi connectivity index (χ1n) is 9.70. The van der Waals surface area contributed by atoms with Gasteiger partial charge in [0.1, 0.15) is 5.82 Å². The second-order valence-corrected chi connectivity index (χ2v) is 7.42. The first-order chi connectivity index (χ1) is 14.4. The largest absolute Gasteiger partial charge is 0.379 e. The van der Waals surface area contributed by atoms with Crippen LogP contribution in [0.3, 0.4) is 0 Å². The highest BCUT2D eigenvalue weighted by Crippen LogP contribution is 2.31. The van der Waals surface area contributed by atoms with Gasteiger partial charge in [-0.2, -0.15) is 4.39 Å². The molecule has 0 amide bonds. The summed E-state index contributed by atoms with van der Waals surface area (Å²) in [6, 6.07) is 2.91. The molecule has 1 saturated heterocycles. The highest BCUT2D eigenvalue weighted by molar-refractivity contribution is 6.03. The number of benzene rings is 1. The van der Waals surface area contributed by atoms with Crippen LogP contribution in [0.25, 0.3) is 27.5 Å². The standard InChI is InChI=1S/C22H22F2N4O2/c1-13(6-7-20(24)25-2)15-9-16-18(10-17(15)23)26-11-19-21(16)28(22(29)27(19)3)14-5-4-8-30-12-14/h6-7,9-11,14H,2,4-5,8,12H2,1,3H3. The number of rotatable bonds is 4. The quantitative estimate of drug-likeness (QED) is 0.365. The molecule has 0 aliphatic carbocycles. The molecule has 6 nitrogen and oxygen atoms in total. The van der Waals surface area contributed by atoms with Crippen LogP contribution in [0.5, 0.6) is 0 Å². The van der Waals surface area contributed by atoms with Crippen molar-refractivity contribution in [3.05, 3.63) is 58.3 Å². The number of allylic oxidation sites excluding steroid dienone is 3. The zero-order valence-electron chi connectivity index (χ0n) is 16.9. The van der Waals surface area contributed by atoms with Crippen LogP contribution in [0.1, 0.15) is 31.4 Å². The van der Waals surface area contributed by atoms with E-state index in [0.29, 0.717) is 46.3 Å². The Balaban J connectivity index is 2.00. The Morgan fingerprint density at radius 3 is 2.90 bits per heavy atom. The van der Waals surface area contributed by atoms with E-state index in [1.165, 1.54) is 12.1 Å². The van der Waals surface area contributed by atoms with E-state index >= 15 is 0 Å². The number of fused-ring (bicyclic) bond motifs is 3. The average molecular weight is 412 g/mol. The van der Waals surface area contributed by atoms with Crippen molar-refractivity contribution in [1.82, 2.24) is 14.1 Å². The molecule has 1 aliphatic rings. The normalized spacial score (nSPS) is 18.3. The number of pyridine rings is 1. The highest BCUT2D eigenvalue weighted by atomic mass is 19.1. The summed E-state index contributed by atoms with van der Waals surface area (Å²) in [5, 5.41) is 0.659. The molecule has 0 N–H and O–H groups in total. The molecule has 4 rings (SSSR count). The number of aryl methyl sites for hydroxylation is 1. The topological polar surface area (TPSA) is 61.4 Å². The molecule has 8 heteroatoms. The lowest BCUT2D eigenvalue weighted by molar-refractivity contribution is 0.0593. The molecular formula is C22H22F2N4O2. The summed E-state index contributed by atoms with van der Waals surface area (Å²) in [6.45, 7) is 5.93. The maximum Gasteiger partial charge on any atom is 0.329 e. The van der Waals surface area contributed by atoms with Crippen LogP contribution in [0, 0.1) is 5.82 Å². The van der Waals surface area contributed by atoms with Gasteiger partial charge in [0.25, 0.3) is 0 Å². The summed E-state index contributed by atoms with van der Waals surface area (Å²) in [5.41, 5.74) is 2.46. The van der Waals surface area contributed by atoms with E-state index in [2.05, 4.69) is 16.7 Å². The number of aromatic nitrogens is 3. The predicted molar refractivity (Wildman–Crippen MR) is 114 cm³/mol. The van der Waals surface area contributed by atoms with Crippen LogP contribution in [0.4, 0.5) is 8.78 Å². The van der Waals surface area contributed by atoms with Gasteiger partial charge in [0.2, 0.25) is 5.95 Å². The fourth-order valence-corrected chi connectivity index (χ4v) is 3.95. The minimum Gasteiger partial charge on any atom is -0.379 e. The van der Waals surface area contributed by atoms with Crippen molar-refractivity contribution >= 4 is 34.2 Å². The van der Waals surface area contributed by atoms with Crippen molar-refractivity contribution in [3.8, 4) is 0 Å². The Labute approximate surface area is 171 Å². The van der Waals surface area contributed by atoms with Crippen LogP contribution in [0.15, 0.2) is 46.2 Å². The monoisotopic (exact) mass is 412 g/mol. The van der Waals surface area contributed by atoms with Crippen molar-refractivity contribution in [2.24, 2.45) is 12.0 Å². The lowest BCUT2D eigenvalue weighted by Gasteiger charge is -2.23. The van der Waals surface area contributed by atoms with Crippen LogP contribution in [-0.2, 0) is 11.8 Å². The van der Waals surface area contributed by atoms with Crippen molar-refractivity contribution in [1.29, 1.82) is 0 Å². The predicted octanol–water partition coefficient (Wildman–Crippen LogP) is 4.29. The molecule has 1 fully saturated rings. The van der Waals surface area contributed by atoms with E-state index < -0.39 is 11.8 Å². The van der Waals surface area contributed by atoms with Gasteiger partial charge in [-0.3, -0.25) is 14.1 Å². The van der Waals surface area contributed by atoms with Gasteiger partial charge in [0.15, 0.2) is 0 Å². The molecule has 1 unspecified atom stereocenters. The number of hydrogen-bond donors (Lipinski definition) is 0. The maximum absolute atomic E-state index is 14.8. The molecule has 1 aliphatic heterocycles. The molecule has 1 aromatic carbocycles. The van der Waals surface area contributed by atoms with Gasteiger partial charge in [0, 0.05) is 30.7 Å². The van der Waals surface area contributed by atoms with E-state index in [-0.39, 0.29) is 11.7 Å². The number of aliphatic imine (C=N–C) groups is 1. The van der Waals surface area contributed by atoms with E-state index in [4.69, 9.17) is 4.74 Å². The molecule has 30 heavy (non-hydrogen) atoms.